The minimum absolute atomic E-state index is 0.123. The zero-order chi connectivity index (χ0) is 19.5. The quantitative estimate of drug-likeness (QED) is 0.662. The van der Waals surface area contributed by atoms with Crippen LogP contribution in [0.1, 0.15) is 21.0 Å². The van der Waals surface area contributed by atoms with Crippen molar-refractivity contribution in [2.45, 2.75) is 12.0 Å². The molecule has 3 aromatic rings. The van der Waals surface area contributed by atoms with Gasteiger partial charge in [0.15, 0.2) is 5.60 Å². The molecule has 2 heterocycles. The van der Waals surface area contributed by atoms with Crippen molar-refractivity contribution in [2.24, 2.45) is 0 Å². The molecule has 1 aromatic carbocycles. The predicted molar refractivity (Wildman–Crippen MR) is 91.5 cm³/mol. The average molecular weight is 397 g/mol. The molecular formula is C18H14F3NO4S. The summed E-state index contributed by atoms with van der Waals surface area (Å²) in [6, 6.07) is 11.2. The number of thiophene rings is 1. The molecule has 1 amide bonds. The molecule has 9 heteroatoms. The van der Waals surface area contributed by atoms with E-state index in [1.165, 1.54) is 29.7 Å². The fourth-order valence-corrected chi connectivity index (χ4v) is 3.27. The predicted octanol–water partition coefficient (Wildman–Crippen LogP) is 3.91. The molecular weight excluding hydrogens is 383 g/mol. The normalized spacial score (nSPS) is 13.8. The van der Waals surface area contributed by atoms with Crippen LogP contribution in [0.25, 0.3) is 0 Å². The van der Waals surface area contributed by atoms with E-state index in [0.29, 0.717) is 4.88 Å². The first-order valence-electron chi connectivity index (χ1n) is 7.72. The molecule has 0 saturated carbocycles. The van der Waals surface area contributed by atoms with E-state index in [1.54, 1.807) is 29.6 Å². The Bertz CT molecular complexity index is 840. The van der Waals surface area contributed by atoms with Crippen LogP contribution in [0.3, 0.4) is 0 Å². The number of hydrogen-bond acceptors (Lipinski definition) is 5. The van der Waals surface area contributed by atoms with E-state index in [9.17, 15) is 23.1 Å². The SMILES string of the molecule is O=C(NCC(O)(c1ccco1)c1cccs1)c1ccc(OC(F)(F)F)cc1. The van der Waals surface area contributed by atoms with Gasteiger partial charge in [-0.3, -0.25) is 4.79 Å². The summed E-state index contributed by atoms with van der Waals surface area (Å²) in [7, 11) is 0. The van der Waals surface area contributed by atoms with Crippen LogP contribution >= 0.6 is 11.3 Å². The van der Waals surface area contributed by atoms with Gasteiger partial charge in [-0.2, -0.15) is 0 Å². The maximum atomic E-state index is 12.3. The number of rotatable bonds is 6. The second kappa shape index (κ2) is 7.45. The van der Waals surface area contributed by atoms with Crippen LogP contribution in [0.15, 0.2) is 64.6 Å². The molecule has 2 aromatic heterocycles. The lowest BCUT2D eigenvalue weighted by atomic mass is 9.98. The van der Waals surface area contributed by atoms with Gasteiger partial charge in [0.05, 0.1) is 12.8 Å². The fraction of sp³-hybridized carbons (Fsp3) is 0.167. The Balaban J connectivity index is 1.72. The van der Waals surface area contributed by atoms with Crippen molar-refractivity contribution in [3.8, 4) is 5.75 Å². The molecule has 1 atom stereocenters. The molecule has 142 valence electrons. The van der Waals surface area contributed by atoms with Gasteiger partial charge in [0, 0.05) is 10.4 Å². The summed E-state index contributed by atoms with van der Waals surface area (Å²) in [6.45, 7) is -0.180. The van der Waals surface area contributed by atoms with Crippen molar-refractivity contribution < 1.29 is 32.2 Å². The van der Waals surface area contributed by atoms with Gasteiger partial charge in [-0.25, -0.2) is 0 Å². The number of nitrogens with one attached hydrogen (secondary N) is 1. The van der Waals surface area contributed by atoms with Crippen LogP contribution in [0.4, 0.5) is 13.2 Å². The molecule has 0 radical (unpaired) electrons. The minimum atomic E-state index is -4.80. The van der Waals surface area contributed by atoms with E-state index in [2.05, 4.69) is 10.1 Å². The monoisotopic (exact) mass is 397 g/mol. The van der Waals surface area contributed by atoms with Gasteiger partial charge in [-0.15, -0.1) is 24.5 Å². The van der Waals surface area contributed by atoms with Gasteiger partial charge in [-0.05, 0) is 47.8 Å². The van der Waals surface area contributed by atoms with Crippen LogP contribution < -0.4 is 10.1 Å². The lowest BCUT2D eigenvalue weighted by Gasteiger charge is -2.25. The molecule has 0 spiro atoms. The number of benzene rings is 1. The maximum Gasteiger partial charge on any atom is 0.573 e. The standard InChI is InChI=1S/C18H14F3NO4S/c19-18(20,21)26-13-7-5-12(6-8-13)16(23)22-11-17(24,14-3-1-9-25-14)15-4-2-10-27-15/h1-10,24H,11H2,(H,22,23). The van der Waals surface area contributed by atoms with E-state index in [1.807, 2.05) is 0 Å². The number of hydrogen-bond donors (Lipinski definition) is 2. The summed E-state index contributed by atoms with van der Waals surface area (Å²) in [5.74, 6) is -0.723. The third kappa shape index (κ3) is 4.50. The van der Waals surface area contributed by atoms with Crippen molar-refractivity contribution in [3.05, 3.63) is 76.4 Å². The smallest absolute Gasteiger partial charge is 0.466 e. The molecule has 0 aliphatic rings. The van der Waals surface area contributed by atoms with Crippen LogP contribution in [-0.2, 0) is 5.60 Å². The van der Waals surface area contributed by atoms with Crippen LogP contribution in [0.2, 0.25) is 0 Å². The van der Waals surface area contributed by atoms with E-state index < -0.39 is 23.6 Å². The van der Waals surface area contributed by atoms with Crippen molar-refractivity contribution in [3.63, 3.8) is 0 Å². The van der Waals surface area contributed by atoms with Gasteiger partial charge in [-0.1, -0.05) is 6.07 Å². The van der Waals surface area contributed by atoms with Gasteiger partial charge in [0.1, 0.15) is 11.5 Å². The van der Waals surface area contributed by atoms with Crippen LogP contribution in [0, 0.1) is 0 Å². The molecule has 27 heavy (non-hydrogen) atoms. The zero-order valence-electron chi connectivity index (χ0n) is 13.7. The molecule has 1 unspecified atom stereocenters. The van der Waals surface area contributed by atoms with Crippen molar-refractivity contribution in [1.29, 1.82) is 0 Å². The van der Waals surface area contributed by atoms with E-state index in [-0.39, 0.29) is 17.9 Å². The Morgan fingerprint density at radius 2 is 1.89 bits per heavy atom. The van der Waals surface area contributed by atoms with Gasteiger partial charge >= 0.3 is 6.36 Å². The lowest BCUT2D eigenvalue weighted by molar-refractivity contribution is -0.274. The lowest BCUT2D eigenvalue weighted by Crippen LogP contribution is -2.41. The molecule has 5 nitrogen and oxygen atoms in total. The Hall–Kier alpha value is -2.78. The molecule has 0 aliphatic carbocycles. The molecule has 3 rings (SSSR count). The molecule has 0 aliphatic heterocycles. The number of carbonyl (C=O) groups excluding carboxylic acids is 1. The van der Waals surface area contributed by atoms with E-state index >= 15 is 0 Å². The topological polar surface area (TPSA) is 71.7 Å². The highest BCUT2D eigenvalue weighted by molar-refractivity contribution is 7.10. The number of furan rings is 1. The molecule has 0 bridgehead atoms. The number of aliphatic hydroxyl groups is 1. The molecule has 2 N–H and O–H groups in total. The highest BCUT2D eigenvalue weighted by Gasteiger charge is 2.36. The Labute approximate surface area is 156 Å². The van der Waals surface area contributed by atoms with E-state index in [4.69, 9.17) is 4.42 Å². The second-order valence-electron chi connectivity index (χ2n) is 5.57. The maximum absolute atomic E-state index is 12.3. The number of amides is 1. The fourth-order valence-electron chi connectivity index (χ4n) is 2.44. The summed E-state index contributed by atoms with van der Waals surface area (Å²) in [5.41, 5.74) is -1.44. The minimum Gasteiger partial charge on any atom is -0.466 e. The number of alkyl halides is 3. The Morgan fingerprint density at radius 1 is 1.15 bits per heavy atom. The largest absolute Gasteiger partial charge is 0.573 e. The first kappa shape index (κ1) is 19.0. The van der Waals surface area contributed by atoms with Gasteiger partial charge in [0.25, 0.3) is 5.91 Å². The van der Waals surface area contributed by atoms with Crippen molar-refractivity contribution >= 4 is 17.2 Å². The Morgan fingerprint density at radius 3 is 2.44 bits per heavy atom. The average Bonchev–Trinajstić information content (AvgIpc) is 3.32. The number of ether oxygens (including phenoxy) is 1. The number of halogens is 3. The van der Waals surface area contributed by atoms with Gasteiger partial charge in [0.2, 0.25) is 0 Å². The third-order valence-corrected chi connectivity index (χ3v) is 4.73. The third-order valence-electron chi connectivity index (χ3n) is 3.71. The highest BCUT2D eigenvalue weighted by atomic mass is 32.1. The summed E-state index contributed by atoms with van der Waals surface area (Å²) < 4.78 is 45.6. The second-order valence-corrected chi connectivity index (χ2v) is 6.52. The zero-order valence-corrected chi connectivity index (χ0v) is 14.5. The molecule has 0 fully saturated rings. The number of carbonyl (C=O) groups is 1. The van der Waals surface area contributed by atoms with Crippen molar-refractivity contribution in [1.82, 2.24) is 5.32 Å². The summed E-state index contributed by atoms with van der Waals surface area (Å²) in [6.07, 6.45) is -3.39. The summed E-state index contributed by atoms with van der Waals surface area (Å²) in [5, 5.41) is 15.4. The highest BCUT2D eigenvalue weighted by Crippen LogP contribution is 2.32. The van der Waals surface area contributed by atoms with E-state index in [0.717, 1.165) is 12.1 Å². The first-order chi connectivity index (χ1) is 12.8. The molecule has 0 saturated heterocycles. The Kier molecular flexibility index (Phi) is 5.24. The summed E-state index contributed by atoms with van der Waals surface area (Å²) >= 11 is 1.30. The van der Waals surface area contributed by atoms with Crippen LogP contribution in [-0.4, -0.2) is 23.9 Å². The summed E-state index contributed by atoms with van der Waals surface area (Å²) in [4.78, 5) is 12.9. The first-order valence-corrected chi connectivity index (χ1v) is 8.60. The van der Waals surface area contributed by atoms with Crippen LogP contribution in [0.5, 0.6) is 5.75 Å². The van der Waals surface area contributed by atoms with Gasteiger partial charge < -0.3 is 19.6 Å². The van der Waals surface area contributed by atoms with Crippen molar-refractivity contribution in [2.75, 3.05) is 6.54 Å².